The van der Waals surface area contributed by atoms with Crippen molar-refractivity contribution in [2.24, 2.45) is 0 Å². The number of anilines is 1. The quantitative estimate of drug-likeness (QED) is 0.517. The maximum atomic E-state index is 12.8. The number of nitrogens with one attached hydrogen (secondary N) is 1. The molecule has 1 heterocycles. The van der Waals surface area contributed by atoms with Gasteiger partial charge in [0.1, 0.15) is 12.6 Å². The third-order valence-electron chi connectivity index (χ3n) is 4.03. The molecular weight excluding hydrogens is 396 g/mol. The molecule has 1 saturated heterocycles. The minimum absolute atomic E-state index is 0.0200. The van der Waals surface area contributed by atoms with Gasteiger partial charge in [-0.25, -0.2) is 9.59 Å². The number of amides is 2. The Balaban J connectivity index is 2.13. The second-order valence-corrected chi connectivity index (χ2v) is 7.76. The molecule has 2 atom stereocenters. The van der Waals surface area contributed by atoms with E-state index in [0.717, 1.165) is 17.8 Å². The summed E-state index contributed by atoms with van der Waals surface area (Å²) in [5, 5.41) is 11.2. The highest BCUT2D eigenvalue weighted by Crippen LogP contribution is 2.29. The Morgan fingerprint density at radius 2 is 2.14 bits per heavy atom. The van der Waals surface area contributed by atoms with Crippen LogP contribution in [0.4, 0.5) is 10.5 Å². The van der Waals surface area contributed by atoms with Crippen LogP contribution < -0.4 is 5.32 Å². The van der Waals surface area contributed by atoms with Crippen LogP contribution in [-0.4, -0.2) is 57.5 Å². The summed E-state index contributed by atoms with van der Waals surface area (Å²) in [5.74, 6) is -1.49. The second kappa shape index (κ2) is 10.5. The lowest BCUT2D eigenvalue weighted by atomic mass is 10.1. The lowest BCUT2D eigenvalue weighted by molar-refractivity contribution is -0.131. The number of carboxylic acids is 1. The molecule has 8 nitrogen and oxygen atoms in total. The number of carbonyl (C=O) groups is 4. The Kier molecular flexibility index (Phi) is 8.02. The zero-order valence-corrected chi connectivity index (χ0v) is 16.7. The Bertz CT molecular complexity index is 838. The van der Waals surface area contributed by atoms with Crippen LogP contribution in [0.3, 0.4) is 0 Å². The number of benzene rings is 1. The molecule has 0 aromatic heterocycles. The first-order valence-corrected chi connectivity index (χ1v) is 9.71. The Morgan fingerprint density at radius 3 is 2.79 bits per heavy atom. The van der Waals surface area contributed by atoms with E-state index in [2.05, 4.69) is 11.9 Å². The van der Waals surface area contributed by atoms with E-state index in [1.54, 1.807) is 24.3 Å². The highest BCUT2D eigenvalue weighted by Gasteiger charge is 2.41. The highest BCUT2D eigenvalue weighted by molar-refractivity contribution is 8.14. The van der Waals surface area contributed by atoms with Gasteiger partial charge in [-0.15, -0.1) is 0 Å². The molecule has 0 aliphatic carbocycles. The van der Waals surface area contributed by atoms with Crippen molar-refractivity contribution in [3.05, 3.63) is 48.6 Å². The fourth-order valence-electron chi connectivity index (χ4n) is 2.89. The van der Waals surface area contributed by atoms with Gasteiger partial charge >= 0.3 is 12.1 Å². The van der Waals surface area contributed by atoms with Crippen LogP contribution >= 0.6 is 11.8 Å². The van der Waals surface area contributed by atoms with E-state index in [0.29, 0.717) is 17.7 Å². The summed E-state index contributed by atoms with van der Waals surface area (Å²) in [6, 6.07) is 5.86. The molecule has 0 radical (unpaired) electrons. The van der Waals surface area contributed by atoms with E-state index in [9.17, 15) is 19.2 Å². The summed E-state index contributed by atoms with van der Waals surface area (Å²) in [4.78, 5) is 48.5. The van der Waals surface area contributed by atoms with Gasteiger partial charge in [-0.05, 0) is 30.2 Å². The van der Waals surface area contributed by atoms with Crippen LogP contribution in [0.15, 0.2) is 43.0 Å². The fraction of sp³-hybridized carbons (Fsp3) is 0.300. The summed E-state index contributed by atoms with van der Waals surface area (Å²) in [6.07, 6.45) is 3.51. The molecule has 9 heteroatoms. The lowest BCUT2D eigenvalue weighted by Gasteiger charge is -2.23. The summed E-state index contributed by atoms with van der Waals surface area (Å²) in [5.41, 5.74) is 1.06. The SMILES string of the molecule is C=CCOC(=O)N1C[C@@H](SC(C)=O)C[C@H]1C(=O)Nc1cccc(/C=C/C(=O)O)c1. The lowest BCUT2D eigenvalue weighted by Crippen LogP contribution is -2.43. The molecule has 29 heavy (non-hydrogen) atoms. The first-order valence-electron chi connectivity index (χ1n) is 8.83. The molecule has 0 spiro atoms. The third kappa shape index (κ3) is 6.79. The van der Waals surface area contributed by atoms with Gasteiger partial charge in [-0.3, -0.25) is 14.5 Å². The number of hydrogen-bond acceptors (Lipinski definition) is 6. The largest absolute Gasteiger partial charge is 0.478 e. The topological polar surface area (TPSA) is 113 Å². The summed E-state index contributed by atoms with van der Waals surface area (Å²) < 4.78 is 5.06. The highest BCUT2D eigenvalue weighted by atomic mass is 32.2. The zero-order chi connectivity index (χ0) is 21.4. The van der Waals surface area contributed by atoms with Gasteiger partial charge in [0.05, 0.1) is 0 Å². The molecule has 1 aromatic rings. The van der Waals surface area contributed by atoms with E-state index < -0.39 is 24.0 Å². The number of hydrogen-bond donors (Lipinski definition) is 2. The van der Waals surface area contributed by atoms with E-state index in [4.69, 9.17) is 9.84 Å². The first kappa shape index (κ1) is 22.2. The molecular formula is C20H22N2O6S. The van der Waals surface area contributed by atoms with Gasteiger partial charge in [-0.1, -0.05) is 36.5 Å². The van der Waals surface area contributed by atoms with Crippen LogP contribution in [0.1, 0.15) is 18.9 Å². The van der Waals surface area contributed by atoms with Crippen molar-refractivity contribution in [2.45, 2.75) is 24.6 Å². The van der Waals surface area contributed by atoms with Crippen LogP contribution in [0.2, 0.25) is 0 Å². The van der Waals surface area contributed by atoms with Crippen LogP contribution in [0, 0.1) is 0 Å². The van der Waals surface area contributed by atoms with Gasteiger partial charge < -0.3 is 15.2 Å². The number of thioether (sulfide) groups is 1. The van der Waals surface area contributed by atoms with Crippen molar-refractivity contribution in [1.29, 1.82) is 0 Å². The van der Waals surface area contributed by atoms with Gasteiger partial charge in [0.15, 0.2) is 5.12 Å². The normalized spacial score (nSPS) is 18.4. The fourth-order valence-corrected chi connectivity index (χ4v) is 3.88. The standard InChI is InChI=1S/C20H22N2O6S/c1-3-9-28-20(27)22-12-16(29-13(2)23)11-17(22)19(26)21-15-6-4-5-14(10-15)7-8-18(24)25/h3-8,10,16-17H,1,9,11-12H2,2H3,(H,21,26)(H,24,25)/b8-7+/t16-,17-/m0/s1. The summed E-state index contributed by atoms with van der Waals surface area (Å²) >= 11 is 1.09. The van der Waals surface area contributed by atoms with Crippen LogP contribution in [0.5, 0.6) is 0 Å². The molecule has 1 fully saturated rings. The van der Waals surface area contributed by atoms with E-state index in [1.165, 1.54) is 24.0 Å². The predicted molar refractivity (Wildman–Crippen MR) is 110 cm³/mol. The molecule has 2 amide bonds. The number of rotatable bonds is 7. The van der Waals surface area contributed by atoms with Crippen molar-refractivity contribution in [3.8, 4) is 0 Å². The van der Waals surface area contributed by atoms with Crippen LogP contribution in [-0.2, 0) is 19.1 Å². The molecule has 1 aliphatic heterocycles. The third-order valence-corrected chi connectivity index (χ3v) is 5.04. The monoisotopic (exact) mass is 418 g/mol. The molecule has 1 aromatic carbocycles. The molecule has 154 valence electrons. The van der Waals surface area contributed by atoms with Gasteiger partial charge in [0, 0.05) is 30.5 Å². The first-order chi connectivity index (χ1) is 13.8. The van der Waals surface area contributed by atoms with E-state index >= 15 is 0 Å². The Hall–Kier alpha value is -3.07. The van der Waals surface area contributed by atoms with Crippen molar-refractivity contribution in [1.82, 2.24) is 4.90 Å². The van der Waals surface area contributed by atoms with E-state index in [-0.39, 0.29) is 23.5 Å². The predicted octanol–water partition coefficient (Wildman–Crippen LogP) is 2.77. The second-order valence-electron chi connectivity index (χ2n) is 6.29. The molecule has 0 saturated carbocycles. The van der Waals surface area contributed by atoms with E-state index in [1.807, 2.05) is 0 Å². The Labute approximate surface area is 172 Å². The number of carboxylic acid groups (broad SMARTS) is 1. The van der Waals surface area contributed by atoms with Crippen molar-refractivity contribution in [2.75, 3.05) is 18.5 Å². The number of likely N-dealkylation sites (tertiary alicyclic amines) is 1. The summed E-state index contributed by atoms with van der Waals surface area (Å²) in [6.45, 7) is 5.17. The molecule has 2 N–H and O–H groups in total. The average Bonchev–Trinajstić information content (AvgIpc) is 3.08. The minimum atomic E-state index is -1.08. The zero-order valence-electron chi connectivity index (χ0n) is 15.9. The number of nitrogens with zero attached hydrogens (tertiary/aromatic N) is 1. The van der Waals surface area contributed by atoms with Crippen molar-refractivity contribution >= 4 is 46.6 Å². The molecule has 2 rings (SSSR count). The number of aliphatic carboxylic acids is 1. The Morgan fingerprint density at radius 1 is 1.38 bits per heavy atom. The maximum absolute atomic E-state index is 12.8. The van der Waals surface area contributed by atoms with Crippen molar-refractivity contribution < 1.29 is 29.0 Å². The summed E-state index contributed by atoms with van der Waals surface area (Å²) in [7, 11) is 0. The van der Waals surface area contributed by atoms with Crippen molar-refractivity contribution in [3.63, 3.8) is 0 Å². The van der Waals surface area contributed by atoms with Gasteiger partial charge in [0.2, 0.25) is 5.91 Å². The molecule has 0 unspecified atom stereocenters. The smallest absolute Gasteiger partial charge is 0.410 e. The van der Waals surface area contributed by atoms with Gasteiger partial charge in [-0.2, -0.15) is 0 Å². The van der Waals surface area contributed by atoms with Gasteiger partial charge in [0.25, 0.3) is 0 Å². The average molecular weight is 418 g/mol. The molecule has 1 aliphatic rings. The number of carbonyl (C=O) groups excluding carboxylic acids is 3. The number of ether oxygens (including phenoxy) is 1. The molecule has 0 bridgehead atoms. The van der Waals surface area contributed by atoms with Crippen LogP contribution in [0.25, 0.3) is 6.08 Å². The minimum Gasteiger partial charge on any atom is -0.478 e. The maximum Gasteiger partial charge on any atom is 0.410 e.